The molecule has 2 N–H and O–H groups in total. The van der Waals surface area contributed by atoms with Crippen LogP contribution in [0.5, 0.6) is 5.75 Å². The fourth-order valence-corrected chi connectivity index (χ4v) is 6.27. The van der Waals surface area contributed by atoms with E-state index in [1.54, 1.807) is 12.1 Å². The molecule has 0 spiro atoms. The number of rotatable bonds is 9. The van der Waals surface area contributed by atoms with Gasteiger partial charge in [0.25, 0.3) is 15.9 Å². The molecular weight excluding hydrogens is 528 g/mol. The molecule has 1 saturated heterocycles. The lowest BCUT2D eigenvalue weighted by Gasteiger charge is -2.31. The first-order valence-electron chi connectivity index (χ1n) is 11.9. The predicted molar refractivity (Wildman–Crippen MR) is 145 cm³/mol. The summed E-state index contributed by atoms with van der Waals surface area (Å²) < 4.78 is 60.3. The van der Waals surface area contributed by atoms with E-state index in [0.717, 1.165) is 5.56 Å². The number of nitrogens with one attached hydrogen (secondary N) is 2. The fourth-order valence-electron chi connectivity index (χ4n) is 3.78. The quantitative estimate of drug-likeness (QED) is 0.414. The topological polar surface area (TPSA) is 125 Å². The molecule has 1 aliphatic rings. The lowest BCUT2D eigenvalue weighted by Crippen LogP contribution is -2.46. The number of likely N-dealkylation sites (N-methyl/N-ethyl adjacent to an activating group) is 1. The minimum atomic E-state index is -3.77. The highest BCUT2D eigenvalue weighted by Gasteiger charge is 2.27. The lowest BCUT2D eigenvalue weighted by atomic mass is 10.2. The van der Waals surface area contributed by atoms with E-state index in [1.165, 1.54) is 52.8 Å². The summed E-state index contributed by atoms with van der Waals surface area (Å²) in [5, 5.41) is 2.66. The molecular formula is C26H30N4O6S2. The average molecular weight is 559 g/mol. The van der Waals surface area contributed by atoms with Gasteiger partial charge in [0.15, 0.2) is 6.61 Å². The first-order chi connectivity index (χ1) is 18.0. The molecule has 10 nitrogen and oxygen atoms in total. The van der Waals surface area contributed by atoms with Crippen molar-refractivity contribution in [3.8, 4) is 5.75 Å². The molecule has 0 atom stereocenters. The van der Waals surface area contributed by atoms with Crippen molar-refractivity contribution >= 4 is 37.3 Å². The maximum atomic E-state index is 12.8. The number of hydrogen-bond donors (Lipinski definition) is 2. The number of anilines is 2. The molecule has 1 heterocycles. The van der Waals surface area contributed by atoms with Gasteiger partial charge in [-0.05, 0) is 74.6 Å². The highest BCUT2D eigenvalue weighted by Crippen LogP contribution is 2.21. The summed E-state index contributed by atoms with van der Waals surface area (Å²) in [6.45, 7) is 3.83. The number of piperazine rings is 1. The van der Waals surface area contributed by atoms with Crippen LogP contribution in [-0.4, -0.2) is 71.8 Å². The molecule has 12 heteroatoms. The Morgan fingerprint density at radius 3 is 1.95 bits per heavy atom. The van der Waals surface area contributed by atoms with Crippen molar-refractivity contribution in [2.45, 2.75) is 16.7 Å². The second-order valence-corrected chi connectivity index (χ2v) is 12.6. The highest BCUT2D eigenvalue weighted by molar-refractivity contribution is 7.92. The van der Waals surface area contributed by atoms with Gasteiger partial charge in [-0.25, -0.2) is 16.8 Å². The zero-order valence-electron chi connectivity index (χ0n) is 21.1. The Labute approximate surface area is 223 Å². The third-order valence-corrected chi connectivity index (χ3v) is 9.36. The van der Waals surface area contributed by atoms with Gasteiger partial charge in [-0.2, -0.15) is 4.31 Å². The smallest absolute Gasteiger partial charge is 0.262 e. The van der Waals surface area contributed by atoms with Gasteiger partial charge in [0.1, 0.15) is 5.75 Å². The number of amides is 1. The summed E-state index contributed by atoms with van der Waals surface area (Å²) in [6.07, 6.45) is 0. The van der Waals surface area contributed by atoms with Gasteiger partial charge < -0.3 is 15.0 Å². The molecule has 0 radical (unpaired) electrons. The molecule has 0 unspecified atom stereocenters. The highest BCUT2D eigenvalue weighted by atomic mass is 32.2. The van der Waals surface area contributed by atoms with Crippen molar-refractivity contribution in [2.75, 3.05) is 49.9 Å². The first-order valence-corrected chi connectivity index (χ1v) is 14.9. The molecule has 1 amide bonds. The molecule has 0 aliphatic carbocycles. The second-order valence-electron chi connectivity index (χ2n) is 9.01. The van der Waals surface area contributed by atoms with E-state index in [9.17, 15) is 21.6 Å². The number of ether oxygens (including phenoxy) is 1. The van der Waals surface area contributed by atoms with Crippen molar-refractivity contribution in [1.82, 2.24) is 9.21 Å². The molecule has 1 aliphatic heterocycles. The number of sulfonamides is 2. The molecule has 3 aromatic rings. The monoisotopic (exact) mass is 558 g/mol. The zero-order chi connectivity index (χ0) is 27.3. The Morgan fingerprint density at radius 1 is 0.789 bits per heavy atom. The predicted octanol–water partition coefficient (Wildman–Crippen LogP) is 2.75. The molecule has 0 aromatic heterocycles. The van der Waals surface area contributed by atoms with Crippen LogP contribution in [0, 0.1) is 6.92 Å². The van der Waals surface area contributed by atoms with E-state index in [1.807, 2.05) is 26.1 Å². The molecule has 3 aromatic carbocycles. The molecule has 4 rings (SSSR count). The largest absolute Gasteiger partial charge is 0.484 e. The van der Waals surface area contributed by atoms with Crippen LogP contribution in [0.3, 0.4) is 0 Å². The van der Waals surface area contributed by atoms with E-state index in [4.69, 9.17) is 4.74 Å². The molecule has 0 bridgehead atoms. The van der Waals surface area contributed by atoms with E-state index in [2.05, 4.69) is 14.9 Å². The molecule has 0 saturated carbocycles. The number of hydrogen-bond acceptors (Lipinski definition) is 7. The van der Waals surface area contributed by atoms with Gasteiger partial charge in [-0.15, -0.1) is 0 Å². The van der Waals surface area contributed by atoms with Gasteiger partial charge in [0.2, 0.25) is 10.0 Å². The van der Waals surface area contributed by atoms with Crippen LogP contribution in [0.2, 0.25) is 0 Å². The van der Waals surface area contributed by atoms with E-state index in [0.29, 0.717) is 43.3 Å². The Bertz CT molecular complexity index is 1470. The van der Waals surface area contributed by atoms with Gasteiger partial charge in [0, 0.05) is 37.6 Å². The molecule has 202 valence electrons. The van der Waals surface area contributed by atoms with Gasteiger partial charge >= 0.3 is 0 Å². The maximum absolute atomic E-state index is 12.8. The number of carbonyl (C=O) groups excluding carboxylic acids is 1. The van der Waals surface area contributed by atoms with Crippen molar-refractivity contribution in [2.24, 2.45) is 0 Å². The summed E-state index contributed by atoms with van der Waals surface area (Å²) >= 11 is 0. The Hall–Kier alpha value is -3.45. The van der Waals surface area contributed by atoms with E-state index in [-0.39, 0.29) is 16.4 Å². The number of aryl methyl sites for hydroxylation is 1. The summed E-state index contributed by atoms with van der Waals surface area (Å²) in [5.41, 5.74) is 1.90. The first kappa shape index (κ1) is 27.6. The minimum absolute atomic E-state index is 0.0569. The third-order valence-electron chi connectivity index (χ3n) is 6.05. The van der Waals surface area contributed by atoms with Gasteiger partial charge in [-0.1, -0.05) is 17.7 Å². The van der Waals surface area contributed by atoms with Crippen LogP contribution >= 0.6 is 0 Å². The standard InChI is InChI=1S/C26H30N4O6S2/c1-20-3-5-22(6-4-20)28-37(32,33)24-13-9-23(10-14-24)36-19-26(31)27-21-7-11-25(12-8-21)38(34,35)30-17-15-29(2)16-18-30/h3-14,28H,15-19H2,1-2H3,(H,27,31). The summed E-state index contributed by atoms with van der Waals surface area (Å²) in [5.74, 6) is -0.125. The molecule has 1 fully saturated rings. The van der Waals surface area contributed by atoms with Crippen LogP contribution < -0.4 is 14.8 Å². The van der Waals surface area contributed by atoms with Crippen molar-refractivity contribution in [3.63, 3.8) is 0 Å². The Morgan fingerprint density at radius 2 is 1.34 bits per heavy atom. The summed E-state index contributed by atoms with van der Waals surface area (Å²) in [7, 11) is -5.41. The van der Waals surface area contributed by atoms with Crippen molar-refractivity contribution in [1.29, 1.82) is 0 Å². The summed E-state index contributed by atoms with van der Waals surface area (Å²) in [4.78, 5) is 14.6. The van der Waals surface area contributed by atoms with Crippen LogP contribution in [0.15, 0.2) is 82.6 Å². The lowest BCUT2D eigenvalue weighted by molar-refractivity contribution is -0.118. The van der Waals surface area contributed by atoms with Gasteiger partial charge in [-0.3, -0.25) is 9.52 Å². The van der Waals surface area contributed by atoms with Crippen LogP contribution in [0.4, 0.5) is 11.4 Å². The fraction of sp³-hybridized carbons (Fsp3) is 0.269. The number of nitrogens with zero attached hydrogens (tertiary/aromatic N) is 2. The number of benzene rings is 3. The van der Waals surface area contributed by atoms with Crippen LogP contribution in [0.25, 0.3) is 0 Å². The summed E-state index contributed by atoms with van der Waals surface area (Å²) in [6, 6.07) is 18.7. The average Bonchev–Trinajstić information content (AvgIpc) is 2.89. The normalized spacial score (nSPS) is 15.1. The Kier molecular flexibility index (Phi) is 8.36. The third kappa shape index (κ3) is 6.90. The van der Waals surface area contributed by atoms with E-state index < -0.39 is 26.0 Å². The zero-order valence-corrected chi connectivity index (χ0v) is 22.8. The SMILES string of the molecule is Cc1ccc(NS(=O)(=O)c2ccc(OCC(=O)Nc3ccc(S(=O)(=O)N4CCN(C)CC4)cc3)cc2)cc1. The second kappa shape index (κ2) is 11.5. The molecule has 38 heavy (non-hydrogen) atoms. The maximum Gasteiger partial charge on any atom is 0.262 e. The van der Waals surface area contributed by atoms with E-state index >= 15 is 0 Å². The van der Waals surface area contributed by atoms with Crippen LogP contribution in [0.1, 0.15) is 5.56 Å². The minimum Gasteiger partial charge on any atom is -0.484 e. The Balaban J connectivity index is 1.29. The van der Waals surface area contributed by atoms with Gasteiger partial charge in [0.05, 0.1) is 9.79 Å². The number of carbonyl (C=O) groups is 1. The van der Waals surface area contributed by atoms with Crippen molar-refractivity contribution < 1.29 is 26.4 Å². The van der Waals surface area contributed by atoms with Crippen LogP contribution in [-0.2, 0) is 24.8 Å². The van der Waals surface area contributed by atoms with Crippen molar-refractivity contribution in [3.05, 3.63) is 78.4 Å².